The summed E-state index contributed by atoms with van der Waals surface area (Å²) in [7, 11) is 0. The molecule has 0 fully saturated rings. The molecule has 0 saturated heterocycles. The Kier molecular flexibility index (Phi) is 5.57. The third-order valence-electron chi connectivity index (χ3n) is 3.93. The molecular weight excluding hydrogens is 314 g/mol. The first-order valence-corrected chi connectivity index (χ1v) is 8.35. The number of nitrogens with one attached hydrogen (secondary N) is 1. The zero-order valence-electron chi connectivity index (χ0n) is 15.4. The van der Waals surface area contributed by atoms with Gasteiger partial charge in [-0.25, -0.2) is 5.43 Å². The molecule has 1 N–H and O–H groups in total. The van der Waals surface area contributed by atoms with Crippen LogP contribution >= 0.6 is 0 Å². The molecule has 1 aromatic heterocycles. The van der Waals surface area contributed by atoms with E-state index in [1.165, 1.54) is 16.2 Å². The first kappa shape index (κ1) is 18.6. The van der Waals surface area contributed by atoms with Crippen molar-refractivity contribution in [3.8, 4) is 0 Å². The van der Waals surface area contributed by atoms with Gasteiger partial charge in [-0.2, -0.15) is 5.10 Å². The van der Waals surface area contributed by atoms with Crippen molar-refractivity contribution in [3.63, 3.8) is 0 Å². The lowest BCUT2D eigenvalue weighted by Crippen LogP contribution is -2.31. The Bertz CT molecular complexity index is 825. The van der Waals surface area contributed by atoms with Gasteiger partial charge in [0.1, 0.15) is 5.56 Å². The number of benzene rings is 1. The van der Waals surface area contributed by atoms with E-state index >= 15 is 0 Å². The van der Waals surface area contributed by atoms with E-state index < -0.39 is 5.91 Å². The van der Waals surface area contributed by atoms with Gasteiger partial charge in [0, 0.05) is 12.2 Å². The molecule has 0 bridgehead atoms. The van der Waals surface area contributed by atoms with Crippen LogP contribution in [0.25, 0.3) is 0 Å². The summed E-state index contributed by atoms with van der Waals surface area (Å²) < 4.78 is 1.52. The van der Waals surface area contributed by atoms with E-state index in [2.05, 4.69) is 31.3 Å². The molecule has 1 heterocycles. The molecule has 0 spiro atoms. The van der Waals surface area contributed by atoms with Crippen LogP contribution in [-0.4, -0.2) is 16.7 Å². The molecule has 0 aliphatic rings. The molecule has 0 atom stereocenters. The third kappa shape index (κ3) is 4.66. The van der Waals surface area contributed by atoms with Crippen molar-refractivity contribution in [2.24, 2.45) is 5.10 Å². The summed E-state index contributed by atoms with van der Waals surface area (Å²) in [6.45, 7) is 10.2. The van der Waals surface area contributed by atoms with Crippen molar-refractivity contribution in [2.75, 3.05) is 0 Å². The van der Waals surface area contributed by atoms with Crippen LogP contribution in [0.3, 0.4) is 0 Å². The Labute approximate surface area is 148 Å². The van der Waals surface area contributed by atoms with Gasteiger partial charge in [-0.15, -0.1) is 0 Å². The Morgan fingerprint density at radius 2 is 1.80 bits per heavy atom. The van der Waals surface area contributed by atoms with Crippen LogP contribution in [0.1, 0.15) is 62.1 Å². The van der Waals surface area contributed by atoms with Gasteiger partial charge in [-0.1, -0.05) is 45.0 Å². The second kappa shape index (κ2) is 7.47. The molecule has 0 saturated carbocycles. The van der Waals surface area contributed by atoms with Crippen LogP contribution in [0, 0.1) is 0 Å². The number of pyridine rings is 1. The van der Waals surface area contributed by atoms with Gasteiger partial charge in [0.2, 0.25) is 0 Å². The van der Waals surface area contributed by atoms with E-state index in [0.717, 1.165) is 5.56 Å². The van der Waals surface area contributed by atoms with Gasteiger partial charge in [0.15, 0.2) is 0 Å². The number of hydrazone groups is 1. The molecule has 2 aromatic rings. The van der Waals surface area contributed by atoms with Crippen LogP contribution in [-0.2, 0) is 5.41 Å². The zero-order valence-corrected chi connectivity index (χ0v) is 15.4. The number of hydrogen-bond acceptors (Lipinski definition) is 3. The van der Waals surface area contributed by atoms with E-state index in [1.54, 1.807) is 18.5 Å². The summed E-state index contributed by atoms with van der Waals surface area (Å²) >= 11 is 0. The molecule has 132 valence electrons. The lowest BCUT2D eigenvalue weighted by Gasteiger charge is -2.18. The minimum absolute atomic E-state index is 0.00918. The fourth-order valence-corrected chi connectivity index (χ4v) is 2.38. The maximum Gasteiger partial charge on any atom is 0.276 e. The lowest BCUT2D eigenvalue weighted by molar-refractivity contribution is 0.0953. The van der Waals surface area contributed by atoms with Crippen LogP contribution in [0.5, 0.6) is 0 Å². The Morgan fingerprint density at radius 3 is 2.36 bits per heavy atom. The van der Waals surface area contributed by atoms with Crippen molar-refractivity contribution in [1.29, 1.82) is 0 Å². The van der Waals surface area contributed by atoms with E-state index in [1.807, 2.05) is 38.1 Å². The van der Waals surface area contributed by atoms with Crippen molar-refractivity contribution >= 4 is 12.1 Å². The number of carbonyl (C=O) groups is 1. The fourth-order valence-electron chi connectivity index (χ4n) is 2.38. The first-order valence-electron chi connectivity index (χ1n) is 8.35. The minimum Gasteiger partial charge on any atom is -0.312 e. The Balaban J connectivity index is 2.09. The molecule has 0 radical (unpaired) electrons. The molecular formula is C20H25N3O2. The summed E-state index contributed by atoms with van der Waals surface area (Å²) in [4.78, 5) is 24.4. The maximum atomic E-state index is 12.3. The van der Waals surface area contributed by atoms with Crippen LogP contribution in [0.15, 0.2) is 52.5 Å². The van der Waals surface area contributed by atoms with Gasteiger partial charge < -0.3 is 4.57 Å². The highest BCUT2D eigenvalue weighted by Crippen LogP contribution is 2.21. The normalized spacial score (nSPS) is 11.9. The van der Waals surface area contributed by atoms with Crippen molar-refractivity contribution in [1.82, 2.24) is 9.99 Å². The molecule has 1 amide bonds. The average molecular weight is 339 g/mol. The number of amides is 1. The zero-order chi connectivity index (χ0) is 18.6. The molecule has 5 nitrogen and oxygen atoms in total. The molecule has 1 aromatic carbocycles. The van der Waals surface area contributed by atoms with Crippen molar-refractivity contribution in [3.05, 3.63) is 69.6 Å². The molecule has 0 aliphatic carbocycles. The number of nitrogens with zero attached hydrogens (tertiary/aromatic N) is 2. The quantitative estimate of drug-likeness (QED) is 0.684. The summed E-state index contributed by atoms with van der Waals surface area (Å²) in [5.41, 5.74) is 4.37. The Hall–Kier alpha value is -2.69. The van der Waals surface area contributed by atoms with Gasteiger partial charge in [0.05, 0.1) is 6.21 Å². The lowest BCUT2D eigenvalue weighted by atomic mass is 9.87. The van der Waals surface area contributed by atoms with E-state index in [4.69, 9.17) is 0 Å². The summed E-state index contributed by atoms with van der Waals surface area (Å²) in [6, 6.07) is 11.2. The standard InChI is InChI=1S/C20H25N3O2/c1-14(2)23-12-6-7-17(19(23)25)18(24)22-21-13-15-8-10-16(11-9-15)20(3,4)5/h6-14H,1-5H3,(H,22,24)/b21-13-. The predicted molar refractivity (Wildman–Crippen MR) is 101 cm³/mol. The van der Waals surface area contributed by atoms with Gasteiger partial charge in [-0.05, 0) is 42.5 Å². The third-order valence-corrected chi connectivity index (χ3v) is 3.93. The second-order valence-electron chi connectivity index (χ2n) is 7.30. The van der Waals surface area contributed by atoms with Gasteiger partial charge in [-0.3, -0.25) is 9.59 Å². The van der Waals surface area contributed by atoms with Crippen molar-refractivity contribution in [2.45, 2.75) is 46.1 Å². The largest absolute Gasteiger partial charge is 0.312 e. The molecule has 2 rings (SSSR count). The Morgan fingerprint density at radius 1 is 1.16 bits per heavy atom. The SMILES string of the molecule is CC(C)n1cccc(C(=O)N/N=C\c2ccc(C(C)(C)C)cc2)c1=O. The van der Waals surface area contributed by atoms with Gasteiger partial charge in [0.25, 0.3) is 11.5 Å². The number of carbonyl (C=O) groups excluding carboxylic acids is 1. The van der Waals surface area contributed by atoms with E-state index in [-0.39, 0.29) is 22.6 Å². The summed E-state index contributed by atoms with van der Waals surface area (Å²) in [5.74, 6) is -0.512. The summed E-state index contributed by atoms with van der Waals surface area (Å²) in [5, 5.41) is 3.95. The van der Waals surface area contributed by atoms with Gasteiger partial charge >= 0.3 is 0 Å². The number of hydrogen-bond donors (Lipinski definition) is 1. The summed E-state index contributed by atoms with van der Waals surface area (Å²) in [6.07, 6.45) is 3.23. The van der Waals surface area contributed by atoms with E-state index in [0.29, 0.717) is 0 Å². The minimum atomic E-state index is -0.512. The molecule has 25 heavy (non-hydrogen) atoms. The topological polar surface area (TPSA) is 63.5 Å². The highest BCUT2D eigenvalue weighted by Gasteiger charge is 2.13. The highest BCUT2D eigenvalue weighted by molar-refractivity contribution is 5.94. The maximum absolute atomic E-state index is 12.3. The van der Waals surface area contributed by atoms with Crippen LogP contribution in [0.2, 0.25) is 0 Å². The second-order valence-corrected chi connectivity index (χ2v) is 7.30. The predicted octanol–water partition coefficient (Wildman–Crippen LogP) is 3.49. The van der Waals surface area contributed by atoms with Crippen LogP contribution < -0.4 is 11.0 Å². The first-order chi connectivity index (χ1) is 11.7. The number of rotatable bonds is 4. The van der Waals surface area contributed by atoms with Crippen LogP contribution in [0.4, 0.5) is 0 Å². The molecule has 0 aliphatic heterocycles. The fraction of sp³-hybridized carbons (Fsp3) is 0.350. The van der Waals surface area contributed by atoms with E-state index in [9.17, 15) is 9.59 Å². The van der Waals surface area contributed by atoms with Crippen molar-refractivity contribution < 1.29 is 4.79 Å². The smallest absolute Gasteiger partial charge is 0.276 e. The number of aromatic nitrogens is 1. The molecule has 0 unspecified atom stereocenters. The highest BCUT2D eigenvalue weighted by atomic mass is 16.2. The monoisotopic (exact) mass is 339 g/mol. The average Bonchev–Trinajstić information content (AvgIpc) is 2.54. The molecule has 5 heteroatoms.